The molecule has 2 aromatic rings. The minimum atomic E-state index is -1.18. The van der Waals surface area contributed by atoms with E-state index in [1.807, 2.05) is 50.2 Å². The standard InChI is InChI=1S/C30H43N5O5/c1-20(2)17-24(28(37)35-26(30(39)40)19-22-13-7-4-8-14-22)34-29(38)25(18-21-11-5-3-6-12-21)33-27(36)23(32)15-9-10-16-31/h3-8,11-14,20,23-26H,9-10,15-19,31-32H2,1-2H3,(H,33,36)(H,34,38)(H,35,37)(H,39,40). The topological polar surface area (TPSA) is 177 Å². The molecule has 0 radical (unpaired) electrons. The minimum absolute atomic E-state index is 0.0200. The van der Waals surface area contributed by atoms with E-state index >= 15 is 0 Å². The van der Waals surface area contributed by atoms with Crippen molar-refractivity contribution in [3.05, 3.63) is 71.8 Å². The Morgan fingerprint density at radius 2 is 1.20 bits per heavy atom. The summed E-state index contributed by atoms with van der Waals surface area (Å²) < 4.78 is 0. The molecule has 0 aromatic heterocycles. The van der Waals surface area contributed by atoms with Crippen LogP contribution in [0.5, 0.6) is 0 Å². The van der Waals surface area contributed by atoms with Crippen molar-refractivity contribution in [1.29, 1.82) is 0 Å². The molecule has 2 rings (SSSR count). The quantitative estimate of drug-likeness (QED) is 0.161. The number of unbranched alkanes of at least 4 members (excludes halogenated alkanes) is 1. The van der Waals surface area contributed by atoms with Gasteiger partial charge in [0.2, 0.25) is 17.7 Å². The van der Waals surface area contributed by atoms with Crippen molar-refractivity contribution in [2.45, 2.75) is 76.5 Å². The van der Waals surface area contributed by atoms with Crippen molar-refractivity contribution in [3.8, 4) is 0 Å². The molecule has 218 valence electrons. The number of aliphatic carboxylic acids is 1. The Balaban J connectivity index is 2.18. The lowest BCUT2D eigenvalue weighted by Gasteiger charge is -2.26. The molecule has 0 aliphatic carbocycles. The summed E-state index contributed by atoms with van der Waals surface area (Å²) in [7, 11) is 0. The maximum atomic E-state index is 13.5. The van der Waals surface area contributed by atoms with Crippen LogP contribution in [-0.4, -0.2) is 59.5 Å². The number of amides is 3. The van der Waals surface area contributed by atoms with Crippen molar-refractivity contribution in [2.24, 2.45) is 17.4 Å². The number of hydrogen-bond donors (Lipinski definition) is 6. The van der Waals surface area contributed by atoms with E-state index in [9.17, 15) is 24.3 Å². The molecule has 4 atom stereocenters. The molecule has 40 heavy (non-hydrogen) atoms. The summed E-state index contributed by atoms with van der Waals surface area (Å²) >= 11 is 0. The molecule has 0 bridgehead atoms. The van der Waals surface area contributed by atoms with Gasteiger partial charge in [0.15, 0.2) is 0 Å². The van der Waals surface area contributed by atoms with Gasteiger partial charge in [-0.15, -0.1) is 0 Å². The van der Waals surface area contributed by atoms with Gasteiger partial charge in [-0.3, -0.25) is 14.4 Å². The van der Waals surface area contributed by atoms with Crippen LogP contribution in [0.3, 0.4) is 0 Å². The first-order valence-electron chi connectivity index (χ1n) is 13.8. The van der Waals surface area contributed by atoms with E-state index in [1.165, 1.54) is 0 Å². The van der Waals surface area contributed by atoms with Gasteiger partial charge in [-0.2, -0.15) is 0 Å². The molecule has 8 N–H and O–H groups in total. The summed E-state index contributed by atoms with van der Waals surface area (Å²) in [5.74, 6) is -2.78. The molecule has 0 aliphatic heterocycles. The first kappa shape index (κ1) is 32.5. The lowest BCUT2D eigenvalue weighted by molar-refractivity contribution is -0.142. The molecule has 10 heteroatoms. The number of nitrogens with one attached hydrogen (secondary N) is 3. The lowest BCUT2D eigenvalue weighted by atomic mass is 9.99. The summed E-state index contributed by atoms with van der Waals surface area (Å²) in [4.78, 5) is 51.5. The van der Waals surface area contributed by atoms with Gasteiger partial charge in [0.05, 0.1) is 6.04 Å². The summed E-state index contributed by atoms with van der Waals surface area (Å²) in [6.07, 6.45) is 2.42. The molecular formula is C30H43N5O5. The van der Waals surface area contributed by atoms with Gasteiger partial charge in [-0.25, -0.2) is 4.79 Å². The number of carbonyl (C=O) groups is 4. The zero-order valence-electron chi connectivity index (χ0n) is 23.3. The van der Waals surface area contributed by atoms with Crippen molar-refractivity contribution in [3.63, 3.8) is 0 Å². The second-order valence-electron chi connectivity index (χ2n) is 10.4. The predicted molar refractivity (Wildman–Crippen MR) is 154 cm³/mol. The van der Waals surface area contributed by atoms with Gasteiger partial charge in [0, 0.05) is 12.8 Å². The van der Waals surface area contributed by atoms with Gasteiger partial charge in [-0.05, 0) is 42.9 Å². The zero-order valence-corrected chi connectivity index (χ0v) is 23.3. The number of nitrogens with two attached hydrogens (primary N) is 2. The van der Waals surface area contributed by atoms with Crippen LogP contribution in [0.25, 0.3) is 0 Å². The van der Waals surface area contributed by atoms with Crippen molar-refractivity contribution < 1.29 is 24.3 Å². The Labute approximate surface area is 236 Å². The Morgan fingerprint density at radius 3 is 1.70 bits per heavy atom. The van der Waals surface area contributed by atoms with E-state index in [0.717, 1.165) is 17.5 Å². The van der Waals surface area contributed by atoms with Crippen LogP contribution in [0.4, 0.5) is 0 Å². The maximum Gasteiger partial charge on any atom is 0.326 e. The second kappa shape index (κ2) is 17.0. The molecule has 0 spiro atoms. The number of carboxylic acids is 1. The molecule has 0 saturated carbocycles. The molecule has 0 fully saturated rings. The van der Waals surface area contributed by atoms with Crippen LogP contribution in [0.15, 0.2) is 60.7 Å². The van der Waals surface area contributed by atoms with E-state index in [4.69, 9.17) is 11.5 Å². The van der Waals surface area contributed by atoms with Gasteiger partial charge in [0.1, 0.15) is 18.1 Å². The van der Waals surface area contributed by atoms with Crippen LogP contribution in [-0.2, 0) is 32.0 Å². The van der Waals surface area contributed by atoms with E-state index in [2.05, 4.69) is 16.0 Å². The summed E-state index contributed by atoms with van der Waals surface area (Å²) in [6, 6.07) is 14.2. The highest BCUT2D eigenvalue weighted by Crippen LogP contribution is 2.10. The highest BCUT2D eigenvalue weighted by Gasteiger charge is 2.31. The van der Waals surface area contributed by atoms with Crippen LogP contribution in [0.2, 0.25) is 0 Å². The molecule has 10 nitrogen and oxygen atoms in total. The van der Waals surface area contributed by atoms with Gasteiger partial charge in [0.25, 0.3) is 0 Å². The minimum Gasteiger partial charge on any atom is -0.480 e. The molecule has 4 unspecified atom stereocenters. The number of hydrogen-bond acceptors (Lipinski definition) is 6. The fourth-order valence-electron chi connectivity index (χ4n) is 4.27. The number of carbonyl (C=O) groups excluding carboxylic acids is 3. The predicted octanol–water partition coefficient (Wildman–Crippen LogP) is 1.51. The average molecular weight is 554 g/mol. The highest BCUT2D eigenvalue weighted by molar-refractivity contribution is 5.94. The van der Waals surface area contributed by atoms with Gasteiger partial charge >= 0.3 is 5.97 Å². The van der Waals surface area contributed by atoms with E-state index < -0.39 is 47.9 Å². The molecule has 0 saturated heterocycles. The first-order valence-corrected chi connectivity index (χ1v) is 13.8. The van der Waals surface area contributed by atoms with Crippen LogP contribution in [0.1, 0.15) is 50.7 Å². The number of rotatable bonds is 17. The third-order valence-corrected chi connectivity index (χ3v) is 6.46. The summed E-state index contributed by atoms with van der Waals surface area (Å²) in [5.41, 5.74) is 13.2. The summed E-state index contributed by atoms with van der Waals surface area (Å²) in [5, 5.41) is 17.8. The van der Waals surface area contributed by atoms with Crippen LogP contribution in [0, 0.1) is 5.92 Å². The van der Waals surface area contributed by atoms with Crippen molar-refractivity contribution in [1.82, 2.24) is 16.0 Å². The molecule has 0 heterocycles. The van der Waals surface area contributed by atoms with Gasteiger partial charge < -0.3 is 32.5 Å². The smallest absolute Gasteiger partial charge is 0.326 e. The van der Waals surface area contributed by atoms with E-state index in [1.54, 1.807) is 24.3 Å². The fourth-order valence-corrected chi connectivity index (χ4v) is 4.27. The van der Waals surface area contributed by atoms with Crippen LogP contribution < -0.4 is 27.4 Å². The lowest BCUT2D eigenvalue weighted by Crippen LogP contribution is -2.58. The van der Waals surface area contributed by atoms with Gasteiger partial charge in [-0.1, -0.05) is 80.9 Å². The number of carboxylic acid groups (broad SMARTS) is 1. The molecule has 2 aromatic carbocycles. The second-order valence-corrected chi connectivity index (χ2v) is 10.4. The maximum absolute atomic E-state index is 13.5. The molecule has 3 amide bonds. The summed E-state index contributed by atoms with van der Waals surface area (Å²) in [6.45, 7) is 4.30. The zero-order chi connectivity index (χ0) is 29.5. The van der Waals surface area contributed by atoms with E-state index in [-0.39, 0.29) is 25.2 Å². The largest absolute Gasteiger partial charge is 0.480 e. The monoisotopic (exact) mass is 553 g/mol. The third kappa shape index (κ3) is 11.5. The average Bonchev–Trinajstić information content (AvgIpc) is 2.92. The fraction of sp³-hybridized carbons (Fsp3) is 0.467. The first-order chi connectivity index (χ1) is 19.1. The van der Waals surface area contributed by atoms with E-state index in [0.29, 0.717) is 19.4 Å². The normalized spacial score (nSPS) is 14.0. The Hall–Kier alpha value is -3.76. The van der Waals surface area contributed by atoms with Crippen LogP contribution >= 0.6 is 0 Å². The Kier molecular flexibility index (Phi) is 13.8. The van der Waals surface area contributed by atoms with Crippen molar-refractivity contribution >= 4 is 23.7 Å². The Morgan fingerprint density at radius 1 is 0.725 bits per heavy atom. The molecular weight excluding hydrogens is 510 g/mol. The molecule has 0 aliphatic rings. The SMILES string of the molecule is CC(C)CC(NC(=O)C(Cc1ccccc1)NC(=O)C(N)CCCCN)C(=O)NC(Cc1ccccc1)C(=O)O. The Bertz CT molecular complexity index is 1080. The third-order valence-electron chi connectivity index (χ3n) is 6.46. The number of benzene rings is 2. The van der Waals surface area contributed by atoms with Crippen molar-refractivity contribution in [2.75, 3.05) is 6.54 Å². The highest BCUT2D eigenvalue weighted by atomic mass is 16.4.